The van der Waals surface area contributed by atoms with Gasteiger partial charge in [0.25, 0.3) is 0 Å². The first-order valence-corrected chi connectivity index (χ1v) is 13.6. The Labute approximate surface area is 239 Å². The second-order valence-electron chi connectivity index (χ2n) is 10.5. The van der Waals surface area contributed by atoms with Gasteiger partial charge in [0.05, 0.1) is 28.5 Å². The number of anilines is 4. The van der Waals surface area contributed by atoms with Crippen molar-refractivity contribution >= 4 is 50.7 Å². The SMILES string of the molecule is Cc1cccc(C)c1Nc1ccc2c(-c3ccccc3C(=O)O)c3ccc(Nc4c(C)cccc4C)cc3[o+]c2c1. The van der Waals surface area contributed by atoms with Crippen molar-refractivity contribution in [1.82, 2.24) is 0 Å². The van der Waals surface area contributed by atoms with Crippen molar-refractivity contribution in [2.75, 3.05) is 10.6 Å². The zero-order valence-electron chi connectivity index (χ0n) is 23.5. The lowest BCUT2D eigenvalue weighted by Crippen LogP contribution is -2.00. The summed E-state index contributed by atoms with van der Waals surface area (Å²) in [5.41, 5.74) is 11.6. The Morgan fingerprint density at radius 3 is 1.54 bits per heavy atom. The minimum Gasteiger partial charge on any atom is -0.478 e. The van der Waals surface area contributed by atoms with Gasteiger partial charge in [-0.2, -0.15) is 0 Å². The third-order valence-electron chi connectivity index (χ3n) is 7.65. The van der Waals surface area contributed by atoms with Gasteiger partial charge in [-0.05, 0) is 85.8 Å². The summed E-state index contributed by atoms with van der Waals surface area (Å²) < 4.78 is 6.56. The number of aryl methyl sites for hydroxylation is 4. The molecule has 5 nitrogen and oxygen atoms in total. The molecule has 6 rings (SSSR count). The molecule has 0 aliphatic rings. The van der Waals surface area contributed by atoms with Gasteiger partial charge in [-0.3, -0.25) is 0 Å². The molecule has 0 radical (unpaired) electrons. The average Bonchev–Trinajstić information content (AvgIpc) is 2.95. The van der Waals surface area contributed by atoms with Crippen LogP contribution in [-0.4, -0.2) is 11.1 Å². The van der Waals surface area contributed by atoms with E-state index in [1.54, 1.807) is 12.1 Å². The van der Waals surface area contributed by atoms with E-state index < -0.39 is 5.97 Å². The Morgan fingerprint density at radius 1 is 0.610 bits per heavy atom. The molecule has 5 aromatic carbocycles. The lowest BCUT2D eigenvalue weighted by molar-refractivity contribution is 0.0697. The minimum atomic E-state index is -0.968. The van der Waals surface area contributed by atoms with Crippen LogP contribution in [0.15, 0.2) is 101 Å². The van der Waals surface area contributed by atoms with E-state index in [1.165, 1.54) is 0 Å². The Morgan fingerprint density at radius 2 is 1.07 bits per heavy atom. The fourth-order valence-electron chi connectivity index (χ4n) is 5.54. The van der Waals surface area contributed by atoms with E-state index in [-0.39, 0.29) is 5.56 Å². The number of benzene rings is 5. The van der Waals surface area contributed by atoms with Crippen LogP contribution in [0, 0.1) is 27.7 Å². The van der Waals surface area contributed by atoms with Gasteiger partial charge in [0.2, 0.25) is 0 Å². The van der Waals surface area contributed by atoms with E-state index in [1.807, 2.05) is 60.7 Å². The van der Waals surface area contributed by atoms with Gasteiger partial charge in [-0.1, -0.05) is 54.6 Å². The van der Waals surface area contributed by atoms with Crippen LogP contribution >= 0.6 is 0 Å². The van der Waals surface area contributed by atoms with E-state index >= 15 is 0 Å². The summed E-state index contributed by atoms with van der Waals surface area (Å²) in [5, 5.41) is 18.9. The molecule has 1 heterocycles. The monoisotopic (exact) mass is 539 g/mol. The number of hydrogen-bond acceptors (Lipinski definition) is 3. The van der Waals surface area contributed by atoms with E-state index in [2.05, 4.69) is 62.6 Å². The number of carboxylic acids is 1. The molecule has 5 heteroatoms. The second-order valence-corrected chi connectivity index (χ2v) is 10.5. The van der Waals surface area contributed by atoms with Crippen molar-refractivity contribution in [2.45, 2.75) is 27.7 Å². The quantitative estimate of drug-likeness (QED) is 0.145. The summed E-state index contributed by atoms with van der Waals surface area (Å²) in [6.07, 6.45) is 0. The molecule has 3 N–H and O–H groups in total. The summed E-state index contributed by atoms with van der Waals surface area (Å²) in [5.74, 6) is -0.968. The number of fused-ring (bicyclic) bond motifs is 2. The normalized spacial score (nSPS) is 11.1. The van der Waals surface area contributed by atoms with Gasteiger partial charge < -0.3 is 15.7 Å². The van der Waals surface area contributed by atoms with E-state index in [4.69, 9.17) is 4.42 Å². The standard InChI is InChI=1S/C36H30N2O3/c1-21-9-7-10-22(2)34(21)37-25-15-17-29-31(19-25)41-32-20-26(38-35-23(3)11-8-12-24(35)4)16-18-30(32)33(29)27-13-5-6-14-28(27)36(39)40/h5-20,37-38H,1-4H3/p+1. The number of para-hydroxylation sites is 2. The second kappa shape index (κ2) is 10.4. The van der Waals surface area contributed by atoms with Crippen molar-refractivity contribution in [3.8, 4) is 11.1 Å². The average molecular weight is 540 g/mol. The van der Waals surface area contributed by atoms with E-state index in [9.17, 15) is 9.90 Å². The first kappa shape index (κ1) is 26.1. The summed E-state index contributed by atoms with van der Waals surface area (Å²) >= 11 is 0. The minimum absolute atomic E-state index is 0.247. The summed E-state index contributed by atoms with van der Waals surface area (Å²) in [6.45, 7) is 8.33. The van der Waals surface area contributed by atoms with Crippen molar-refractivity contribution in [2.24, 2.45) is 0 Å². The number of carbonyl (C=O) groups is 1. The number of hydrogen-bond donors (Lipinski definition) is 3. The predicted molar refractivity (Wildman–Crippen MR) is 169 cm³/mol. The highest BCUT2D eigenvalue weighted by atomic mass is 16.4. The van der Waals surface area contributed by atoms with Gasteiger partial charge in [0.1, 0.15) is 0 Å². The first-order chi connectivity index (χ1) is 19.8. The van der Waals surface area contributed by atoms with Crippen molar-refractivity contribution in [3.05, 3.63) is 125 Å². The molecule has 0 bridgehead atoms. The van der Waals surface area contributed by atoms with Gasteiger partial charge in [0.15, 0.2) is 0 Å². The lowest BCUT2D eigenvalue weighted by Gasteiger charge is -2.14. The molecule has 1 aromatic heterocycles. The third kappa shape index (κ3) is 4.87. The summed E-state index contributed by atoms with van der Waals surface area (Å²) in [6, 6.07) is 31.6. The Kier molecular flexibility index (Phi) is 6.64. The van der Waals surface area contributed by atoms with Crippen molar-refractivity contribution in [3.63, 3.8) is 0 Å². The predicted octanol–water partition coefficient (Wildman–Crippen LogP) is 9.95. The zero-order chi connectivity index (χ0) is 28.7. The molecule has 202 valence electrons. The first-order valence-electron chi connectivity index (χ1n) is 13.6. The van der Waals surface area contributed by atoms with Crippen molar-refractivity contribution in [1.29, 1.82) is 0 Å². The molecule has 0 fully saturated rings. The molecule has 0 spiro atoms. The Hall–Kier alpha value is -5.16. The maximum absolute atomic E-state index is 12.3. The van der Waals surface area contributed by atoms with E-state index in [0.717, 1.165) is 61.3 Å². The highest BCUT2D eigenvalue weighted by molar-refractivity contribution is 6.12. The van der Waals surface area contributed by atoms with E-state index in [0.29, 0.717) is 16.7 Å². The number of nitrogens with one attached hydrogen (secondary N) is 2. The summed E-state index contributed by atoms with van der Waals surface area (Å²) in [4.78, 5) is 12.3. The molecule has 0 saturated carbocycles. The number of rotatable bonds is 6. The molecule has 0 saturated heterocycles. The maximum Gasteiger partial charge on any atom is 0.363 e. The summed E-state index contributed by atoms with van der Waals surface area (Å²) in [7, 11) is 0. The smallest absolute Gasteiger partial charge is 0.363 e. The van der Waals surface area contributed by atoms with Crippen LogP contribution in [0.25, 0.3) is 33.1 Å². The molecular weight excluding hydrogens is 508 g/mol. The topological polar surface area (TPSA) is 72.7 Å². The highest BCUT2D eigenvalue weighted by Gasteiger charge is 2.24. The van der Waals surface area contributed by atoms with Gasteiger partial charge >= 0.3 is 17.1 Å². The maximum atomic E-state index is 12.3. The van der Waals surface area contributed by atoms with Crippen molar-refractivity contribution < 1.29 is 14.3 Å². The lowest BCUT2D eigenvalue weighted by atomic mass is 9.93. The zero-order valence-corrected chi connectivity index (χ0v) is 23.5. The molecule has 0 aliphatic heterocycles. The van der Waals surface area contributed by atoms with Crippen LogP contribution in [0.5, 0.6) is 0 Å². The highest BCUT2D eigenvalue weighted by Crippen LogP contribution is 2.40. The Balaban J connectivity index is 1.57. The van der Waals surface area contributed by atoms with Crippen LogP contribution < -0.4 is 10.6 Å². The van der Waals surface area contributed by atoms with Crippen LogP contribution in [0.3, 0.4) is 0 Å². The van der Waals surface area contributed by atoms with Crippen LogP contribution in [0.2, 0.25) is 0 Å². The third-order valence-corrected chi connectivity index (χ3v) is 7.65. The van der Waals surface area contributed by atoms with Crippen LogP contribution in [0.1, 0.15) is 32.6 Å². The molecule has 41 heavy (non-hydrogen) atoms. The molecule has 0 aliphatic carbocycles. The Bertz CT molecular complexity index is 1820. The van der Waals surface area contributed by atoms with Gasteiger partial charge in [0, 0.05) is 28.3 Å². The molecule has 6 aromatic rings. The van der Waals surface area contributed by atoms with Gasteiger partial charge in [-0.25, -0.2) is 9.21 Å². The van der Waals surface area contributed by atoms with Crippen LogP contribution in [-0.2, 0) is 0 Å². The molecule has 0 unspecified atom stereocenters. The molecule has 0 atom stereocenters. The number of aromatic carboxylic acids is 1. The van der Waals surface area contributed by atoms with Gasteiger partial charge in [-0.15, -0.1) is 0 Å². The fraction of sp³-hybridized carbons (Fsp3) is 0.111. The molecular formula is C36H31N2O3+. The number of carboxylic acid groups (broad SMARTS) is 1. The molecule has 0 amide bonds. The fourth-order valence-corrected chi connectivity index (χ4v) is 5.54. The largest absolute Gasteiger partial charge is 0.478 e. The van der Waals surface area contributed by atoms with Crippen LogP contribution in [0.4, 0.5) is 22.7 Å².